The summed E-state index contributed by atoms with van der Waals surface area (Å²) < 4.78 is 22.2. The van der Waals surface area contributed by atoms with Crippen molar-refractivity contribution < 1.29 is 13.6 Å². The predicted molar refractivity (Wildman–Crippen MR) is 121 cm³/mol. The normalized spacial score (nSPS) is 16.4. The van der Waals surface area contributed by atoms with E-state index in [4.69, 9.17) is 4.42 Å². The van der Waals surface area contributed by atoms with E-state index in [1.165, 1.54) is 16.7 Å². The van der Waals surface area contributed by atoms with Gasteiger partial charge in [-0.1, -0.05) is 24.3 Å². The van der Waals surface area contributed by atoms with Gasteiger partial charge in [0.15, 0.2) is 5.89 Å². The lowest BCUT2D eigenvalue weighted by atomic mass is 9.98. The van der Waals surface area contributed by atoms with Crippen LogP contribution in [0.1, 0.15) is 36.0 Å². The molecule has 1 atom stereocenters. The van der Waals surface area contributed by atoms with Crippen LogP contribution < -0.4 is 5.69 Å². The van der Waals surface area contributed by atoms with E-state index in [-0.39, 0.29) is 29.9 Å². The third-order valence-electron chi connectivity index (χ3n) is 6.33. The van der Waals surface area contributed by atoms with Crippen LogP contribution in [0.3, 0.4) is 0 Å². The van der Waals surface area contributed by atoms with Crippen molar-refractivity contribution in [2.45, 2.75) is 31.7 Å². The number of nitrogens with zero attached hydrogens (tertiary/aromatic N) is 4. The van der Waals surface area contributed by atoms with E-state index in [9.17, 15) is 14.0 Å². The number of carbonyl (C=O) groups is 1. The number of piperidine rings is 1. The van der Waals surface area contributed by atoms with E-state index in [0.717, 1.165) is 29.4 Å². The molecule has 7 nitrogen and oxygen atoms in total. The molecule has 0 radical (unpaired) electrons. The van der Waals surface area contributed by atoms with E-state index in [2.05, 4.69) is 4.98 Å². The highest BCUT2D eigenvalue weighted by Gasteiger charge is 2.28. The van der Waals surface area contributed by atoms with Crippen molar-refractivity contribution in [3.8, 4) is 0 Å². The van der Waals surface area contributed by atoms with Crippen LogP contribution in [0.5, 0.6) is 0 Å². The van der Waals surface area contributed by atoms with Gasteiger partial charge in [-0.3, -0.25) is 13.9 Å². The van der Waals surface area contributed by atoms with Crippen molar-refractivity contribution in [1.82, 2.24) is 19.0 Å². The van der Waals surface area contributed by atoms with Crippen LogP contribution in [0.25, 0.3) is 11.0 Å². The number of aryl methyl sites for hydroxylation is 1. The van der Waals surface area contributed by atoms with Crippen LogP contribution in [0.15, 0.2) is 63.9 Å². The van der Waals surface area contributed by atoms with Crippen LogP contribution in [0, 0.1) is 5.82 Å². The summed E-state index contributed by atoms with van der Waals surface area (Å²) in [5, 5.41) is 0. The van der Waals surface area contributed by atoms with Gasteiger partial charge in [0, 0.05) is 26.6 Å². The second-order valence-electron chi connectivity index (χ2n) is 8.56. The van der Waals surface area contributed by atoms with E-state index in [1.807, 2.05) is 24.3 Å². The lowest BCUT2D eigenvalue weighted by molar-refractivity contribution is -0.133. The summed E-state index contributed by atoms with van der Waals surface area (Å²) >= 11 is 0. The van der Waals surface area contributed by atoms with Gasteiger partial charge >= 0.3 is 5.69 Å². The largest absolute Gasteiger partial charge is 0.445 e. The van der Waals surface area contributed by atoms with Crippen molar-refractivity contribution in [1.29, 1.82) is 0 Å². The van der Waals surface area contributed by atoms with E-state index in [0.29, 0.717) is 31.2 Å². The Morgan fingerprint density at radius 2 is 1.91 bits per heavy atom. The number of imidazole rings is 1. The number of rotatable bonds is 5. The maximum absolute atomic E-state index is 13.1. The van der Waals surface area contributed by atoms with Crippen molar-refractivity contribution in [3.63, 3.8) is 0 Å². The molecule has 0 saturated carbocycles. The number of para-hydroxylation sites is 2. The predicted octanol–water partition coefficient (Wildman–Crippen LogP) is 3.46. The number of aromatic nitrogens is 3. The molecule has 2 aromatic heterocycles. The Kier molecular flexibility index (Phi) is 5.58. The molecule has 1 aliphatic rings. The molecule has 33 heavy (non-hydrogen) atoms. The average molecular weight is 448 g/mol. The Labute approximate surface area is 190 Å². The number of benzene rings is 2. The Morgan fingerprint density at radius 3 is 2.70 bits per heavy atom. The second-order valence-corrected chi connectivity index (χ2v) is 8.56. The fraction of sp³-hybridized carbons (Fsp3) is 0.320. The standard InChI is InChI=1S/C25H25FN4O3/c1-28-21-6-2-3-7-22(21)30(25(28)32)16-23(31)29-12-4-5-18(15-29)24-27-14-20(33-24)13-17-8-10-19(26)11-9-17/h2-3,6-11,14,18H,4-5,12-13,15-16H2,1H3/t18-/m0/s1. The highest BCUT2D eigenvalue weighted by molar-refractivity contribution is 5.81. The number of oxazole rings is 1. The number of likely N-dealkylation sites (tertiary alicyclic amines) is 1. The molecule has 8 heteroatoms. The second kappa shape index (κ2) is 8.69. The maximum Gasteiger partial charge on any atom is 0.329 e. The summed E-state index contributed by atoms with van der Waals surface area (Å²) in [5.74, 6) is 0.981. The topological polar surface area (TPSA) is 73.3 Å². The van der Waals surface area contributed by atoms with E-state index in [1.54, 1.807) is 34.8 Å². The molecule has 5 rings (SSSR count). The number of fused-ring (bicyclic) bond motifs is 1. The lowest BCUT2D eigenvalue weighted by Crippen LogP contribution is -2.42. The fourth-order valence-corrected chi connectivity index (χ4v) is 4.55. The molecular formula is C25H25FN4O3. The molecule has 3 heterocycles. The van der Waals surface area contributed by atoms with Gasteiger partial charge in [-0.2, -0.15) is 0 Å². The quantitative estimate of drug-likeness (QED) is 0.469. The first kappa shape index (κ1) is 21.2. The number of amides is 1. The summed E-state index contributed by atoms with van der Waals surface area (Å²) in [4.78, 5) is 32.0. The van der Waals surface area contributed by atoms with Crippen LogP contribution in [-0.2, 0) is 24.8 Å². The Morgan fingerprint density at radius 1 is 1.15 bits per heavy atom. The zero-order chi connectivity index (χ0) is 22.9. The lowest BCUT2D eigenvalue weighted by Gasteiger charge is -2.31. The molecule has 0 bridgehead atoms. The summed E-state index contributed by atoms with van der Waals surface area (Å²) in [6.07, 6.45) is 3.97. The van der Waals surface area contributed by atoms with Gasteiger partial charge in [0.2, 0.25) is 5.91 Å². The SMILES string of the molecule is Cn1c(=O)n(CC(=O)N2CCC[C@H](c3ncc(Cc4ccc(F)cc4)o3)C2)c2ccccc21. The molecule has 0 aliphatic carbocycles. The van der Waals surface area contributed by atoms with Crippen molar-refractivity contribution in [3.05, 3.63) is 88.2 Å². The van der Waals surface area contributed by atoms with Crippen molar-refractivity contribution in [2.24, 2.45) is 7.05 Å². The first-order chi connectivity index (χ1) is 16.0. The molecule has 170 valence electrons. The monoisotopic (exact) mass is 448 g/mol. The summed E-state index contributed by atoms with van der Waals surface area (Å²) in [6.45, 7) is 1.17. The van der Waals surface area contributed by atoms with Crippen LogP contribution in [0.4, 0.5) is 4.39 Å². The minimum Gasteiger partial charge on any atom is -0.445 e. The zero-order valence-corrected chi connectivity index (χ0v) is 18.4. The molecule has 0 spiro atoms. The molecule has 0 unspecified atom stereocenters. The highest BCUT2D eigenvalue weighted by Crippen LogP contribution is 2.27. The zero-order valence-electron chi connectivity index (χ0n) is 18.4. The van der Waals surface area contributed by atoms with Gasteiger partial charge in [-0.05, 0) is 42.7 Å². The number of halogens is 1. The number of hydrogen-bond donors (Lipinski definition) is 0. The van der Waals surface area contributed by atoms with Crippen molar-refractivity contribution in [2.75, 3.05) is 13.1 Å². The maximum atomic E-state index is 13.1. The highest BCUT2D eigenvalue weighted by atomic mass is 19.1. The fourth-order valence-electron chi connectivity index (χ4n) is 4.55. The van der Waals surface area contributed by atoms with E-state index < -0.39 is 0 Å². The van der Waals surface area contributed by atoms with Gasteiger partial charge in [0.25, 0.3) is 0 Å². The minimum atomic E-state index is -0.269. The molecule has 1 fully saturated rings. The third-order valence-corrected chi connectivity index (χ3v) is 6.33. The Hall–Kier alpha value is -3.68. The van der Waals surface area contributed by atoms with Crippen molar-refractivity contribution >= 4 is 16.9 Å². The molecule has 1 amide bonds. The van der Waals surface area contributed by atoms with Gasteiger partial charge < -0.3 is 9.32 Å². The first-order valence-corrected chi connectivity index (χ1v) is 11.1. The first-order valence-electron chi connectivity index (χ1n) is 11.1. The summed E-state index contributed by atoms with van der Waals surface area (Å²) in [7, 11) is 1.72. The summed E-state index contributed by atoms with van der Waals surface area (Å²) in [5.41, 5.74) is 2.31. The van der Waals surface area contributed by atoms with Gasteiger partial charge in [-0.25, -0.2) is 14.2 Å². The molecular weight excluding hydrogens is 423 g/mol. The smallest absolute Gasteiger partial charge is 0.329 e. The van der Waals surface area contributed by atoms with Crippen LogP contribution >= 0.6 is 0 Å². The van der Waals surface area contributed by atoms with Gasteiger partial charge in [0.05, 0.1) is 23.1 Å². The molecule has 1 saturated heterocycles. The third kappa shape index (κ3) is 4.20. The molecule has 1 aliphatic heterocycles. The number of hydrogen-bond acceptors (Lipinski definition) is 4. The molecule has 0 N–H and O–H groups in total. The molecule has 2 aromatic carbocycles. The average Bonchev–Trinajstić information content (AvgIpc) is 3.40. The van der Waals surface area contributed by atoms with Crippen LogP contribution in [0.2, 0.25) is 0 Å². The minimum absolute atomic E-state index is 0.00824. The number of carbonyl (C=O) groups excluding carboxylic acids is 1. The van der Waals surface area contributed by atoms with E-state index >= 15 is 0 Å². The summed E-state index contributed by atoms with van der Waals surface area (Å²) in [6, 6.07) is 13.8. The Bertz CT molecular complexity index is 1350. The molecule has 4 aromatic rings. The van der Waals surface area contributed by atoms with Gasteiger partial charge in [0.1, 0.15) is 18.1 Å². The van der Waals surface area contributed by atoms with Crippen LogP contribution in [-0.4, -0.2) is 38.0 Å². The van der Waals surface area contributed by atoms with Gasteiger partial charge in [-0.15, -0.1) is 0 Å². The Balaban J connectivity index is 1.28.